The second kappa shape index (κ2) is 7.09. The van der Waals surface area contributed by atoms with E-state index in [-0.39, 0.29) is 0 Å². The molecular formula is C16H22N4O2S. The summed E-state index contributed by atoms with van der Waals surface area (Å²) in [5.74, 6) is 1.40. The molecule has 0 radical (unpaired) electrons. The molecule has 23 heavy (non-hydrogen) atoms. The molecule has 0 saturated carbocycles. The molecule has 2 aromatic rings. The van der Waals surface area contributed by atoms with Crippen LogP contribution < -0.4 is 0 Å². The van der Waals surface area contributed by atoms with E-state index in [1.54, 1.807) is 11.3 Å². The van der Waals surface area contributed by atoms with Crippen LogP contribution in [0.2, 0.25) is 0 Å². The van der Waals surface area contributed by atoms with Crippen LogP contribution in [0.4, 0.5) is 0 Å². The van der Waals surface area contributed by atoms with Crippen LogP contribution in [0.25, 0.3) is 11.4 Å². The molecule has 2 aliphatic rings. The number of hydrogen-bond acceptors (Lipinski definition) is 7. The van der Waals surface area contributed by atoms with Crippen LogP contribution in [0.1, 0.15) is 18.7 Å². The third-order valence-electron chi connectivity index (χ3n) is 4.56. The van der Waals surface area contributed by atoms with Crippen molar-refractivity contribution in [2.75, 3.05) is 39.3 Å². The Labute approximate surface area is 140 Å². The minimum Gasteiger partial charge on any atom is -0.377 e. The summed E-state index contributed by atoms with van der Waals surface area (Å²) in [6.07, 6.45) is 2.88. The maximum absolute atomic E-state index is 5.73. The number of rotatable bonds is 5. The van der Waals surface area contributed by atoms with Gasteiger partial charge in [0.1, 0.15) is 0 Å². The van der Waals surface area contributed by atoms with Crippen molar-refractivity contribution >= 4 is 11.3 Å². The van der Waals surface area contributed by atoms with Gasteiger partial charge >= 0.3 is 0 Å². The van der Waals surface area contributed by atoms with E-state index in [1.807, 2.05) is 16.8 Å². The largest absolute Gasteiger partial charge is 0.377 e. The summed E-state index contributed by atoms with van der Waals surface area (Å²) in [7, 11) is 0. The van der Waals surface area contributed by atoms with Gasteiger partial charge in [-0.25, -0.2) is 0 Å². The molecule has 2 fully saturated rings. The van der Waals surface area contributed by atoms with Crippen molar-refractivity contribution in [2.24, 2.45) is 0 Å². The van der Waals surface area contributed by atoms with E-state index in [4.69, 9.17) is 9.26 Å². The molecule has 0 spiro atoms. The van der Waals surface area contributed by atoms with Gasteiger partial charge in [-0.1, -0.05) is 5.16 Å². The summed E-state index contributed by atoms with van der Waals surface area (Å²) in [4.78, 5) is 9.40. The molecule has 1 atom stereocenters. The van der Waals surface area contributed by atoms with E-state index in [0.29, 0.717) is 17.8 Å². The van der Waals surface area contributed by atoms with E-state index in [0.717, 1.165) is 51.4 Å². The maximum atomic E-state index is 5.73. The summed E-state index contributed by atoms with van der Waals surface area (Å²) in [6, 6.07) is 2.02. The Bertz CT molecular complexity index is 601. The van der Waals surface area contributed by atoms with Crippen molar-refractivity contribution in [3.63, 3.8) is 0 Å². The van der Waals surface area contributed by atoms with Crippen LogP contribution in [0, 0.1) is 0 Å². The molecule has 124 valence electrons. The summed E-state index contributed by atoms with van der Waals surface area (Å²) in [5, 5.41) is 8.14. The number of hydrogen-bond donors (Lipinski definition) is 0. The van der Waals surface area contributed by atoms with Gasteiger partial charge in [-0.05, 0) is 24.3 Å². The Morgan fingerprint density at radius 1 is 1.22 bits per heavy atom. The van der Waals surface area contributed by atoms with Gasteiger partial charge in [0.25, 0.3) is 0 Å². The zero-order valence-corrected chi connectivity index (χ0v) is 14.0. The van der Waals surface area contributed by atoms with Crippen LogP contribution in [-0.4, -0.2) is 65.4 Å². The first kappa shape index (κ1) is 15.3. The van der Waals surface area contributed by atoms with Crippen LogP contribution >= 0.6 is 11.3 Å². The quantitative estimate of drug-likeness (QED) is 0.835. The predicted molar refractivity (Wildman–Crippen MR) is 88.3 cm³/mol. The molecule has 4 rings (SSSR count). The molecule has 7 heteroatoms. The smallest absolute Gasteiger partial charge is 0.241 e. The van der Waals surface area contributed by atoms with Crippen LogP contribution in [0.15, 0.2) is 21.3 Å². The highest BCUT2D eigenvalue weighted by Crippen LogP contribution is 2.19. The van der Waals surface area contributed by atoms with E-state index in [9.17, 15) is 0 Å². The van der Waals surface area contributed by atoms with Gasteiger partial charge in [-0.15, -0.1) is 0 Å². The van der Waals surface area contributed by atoms with E-state index in [2.05, 4.69) is 19.9 Å². The van der Waals surface area contributed by atoms with Gasteiger partial charge < -0.3 is 9.26 Å². The van der Waals surface area contributed by atoms with E-state index >= 15 is 0 Å². The molecule has 6 nitrogen and oxygen atoms in total. The maximum Gasteiger partial charge on any atom is 0.241 e. The molecule has 1 unspecified atom stereocenters. The monoisotopic (exact) mass is 334 g/mol. The molecule has 2 aromatic heterocycles. The number of aromatic nitrogens is 2. The fraction of sp³-hybridized carbons (Fsp3) is 0.625. The molecule has 0 aromatic carbocycles. The lowest BCUT2D eigenvalue weighted by atomic mass is 10.2. The molecule has 2 aliphatic heterocycles. The zero-order chi connectivity index (χ0) is 15.5. The van der Waals surface area contributed by atoms with Crippen molar-refractivity contribution in [1.29, 1.82) is 0 Å². The summed E-state index contributed by atoms with van der Waals surface area (Å²) >= 11 is 1.64. The number of nitrogens with zero attached hydrogens (tertiary/aromatic N) is 4. The number of thiophene rings is 1. The highest BCUT2D eigenvalue weighted by molar-refractivity contribution is 7.08. The molecule has 0 N–H and O–H groups in total. The Hall–Kier alpha value is -1.28. The zero-order valence-electron chi connectivity index (χ0n) is 13.2. The molecule has 2 saturated heterocycles. The highest BCUT2D eigenvalue weighted by Gasteiger charge is 2.23. The predicted octanol–water partition coefficient (Wildman–Crippen LogP) is 2.09. The highest BCUT2D eigenvalue weighted by atomic mass is 32.1. The Morgan fingerprint density at radius 2 is 2.09 bits per heavy atom. The second-order valence-corrected chi connectivity index (χ2v) is 7.02. The lowest BCUT2D eigenvalue weighted by Crippen LogP contribution is -2.48. The van der Waals surface area contributed by atoms with Crippen LogP contribution in [0.3, 0.4) is 0 Å². The Morgan fingerprint density at radius 3 is 2.83 bits per heavy atom. The first-order chi connectivity index (χ1) is 11.4. The summed E-state index contributed by atoms with van der Waals surface area (Å²) < 4.78 is 11.1. The molecule has 0 amide bonds. The Kier molecular flexibility index (Phi) is 4.70. The topological polar surface area (TPSA) is 54.6 Å². The van der Waals surface area contributed by atoms with Gasteiger partial charge in [-0.3, -0.25) is 9.80 Å². The minimum atomic E-state index is 0.450. The molecular weight excluding hydrogens is 312 g/mol. The third kappa shape index (κ3) is 3.80. The average molecular weight is 334 g/mol. The number of ether oxygens (including phenoxy) is 1. The van der Waals surface area contributed by atoms with Crippen molar-refractivity contribution in [3.8, 4) is 11.4 Å². The van der Waals surface area contributed by atoms with Crippen molar-refractivity contribution in [2.45, 2.75) is 25.5 Å². The van der Waals surface area contributed by atoms with Crippen LogP contribution in [-0.2, 0) is 11.3 Å². The number of piperazine rings is 1. The fourth-order valence-corrected chi connectivity index (χ4v) is 3.86. The van der Waals surface area contributed by atoms with Gasteiger partial charge in [0.05, 0.1) is 12.6 Å². The van der Waals surface area contributed by atoms with Gasteiger partial charge in [-0.2, -0.15) is 16.3 Å². The van der Waals surface area contributed by atoms with E-state index < -0.39 is 0 Å². The summed E-state index contributed by atoms with van der Waals surface area (Å²) in [5.41, 5.74) is 1.03. The summed E-state index contributed by atoms with van der Waals surface area (Å²) in [6.45, 7) is 7.03. The lowest BCUT2D eigenvalue weighted by molar-refractivity contribution is 0.0468. The SMILES string of the molecule is c1cc(-c2noc(CN3CCN(CC4CCCO4)CC3)n2)cs1. The van der Waals surface area contributed by atoms with Gasteiger partial charge in [0.2, 0.25) is 11.7 Å². The fourth-order valence-electron chi connectivity index (χ4n) is 3.23. The molecule has 0 bridgehead atoms. The average Bonchev–Trinajstić information content (AvgIpc) is 3.31. The first-order valence-electron chi connectivity index (χ1n) is 8.28. The normalized spacial score (nSPS) is 23.6. The van der Waals surface area contributed by atoms with E-state index in [1.165, 1.54) is 12.8 Å². The lowest BCUT2D eigenvalue weighted by Gasteiger charge is -2.34. The molecule has 0 aliphatic carbocycles. The minimum absolute atomic E-state index is 0.450. The van der Waals surface area contributed by atoms with Gasteiger partial charge in [0, 0.05) is 50.3 Å². The third-order valence-corrected chi connectivity index (χ3v) is 5.24. The Balaban J connectivity index is 1.26. The van der Waals surface area contributed by atoms with Gasteiger partial charge in [0.15, 0.2) is 0 Å². The van der Waals surface area contributed by atoms with Crippen LogP contribution in [0.5, 0.6) is 0 Å². The van der Waals surface area contributed by atoms with Crippen molar-refractivity contribution in [1.82, 2.24) is 19.9 Å². The molecule has 4 heterocycles. The van der Waals surface area contributed by atoms with Crippen molar-refractivity contribution in [3.05, 3.63) is 22.7 Å². The first-order valence-corrected chi connectivity index (χ1v) is 9.22. The second-order valence-electron chi connectivity index (χ2n) is 6.24. The standard InChI is InChI=1S/C16H22N4O2S/c1-2-14(21-8-1)10-19-4-6-20(7-5-19)11-15-17-16(18-22-15)13-3-9-23-12-13/h3,9,12,14H,1-2,4-8,10-11H2. The van der Waals surface area contributed by atoms with Crippen molar-refractivity contribution < 1.29 is 9.26 Å².